The van der Waals surface area contributed by atoms with Gasteiger partial charge in [-0.15, -0.1) is 0 Å². The Kier molecular flexibility index (Phi) is 5.24. The standard InChI is InChI=1S/C15H19BrClN3/c1-3-20-14(15(16)10(2)19-20)8-12(9-18)11-5-4-6-13(17)7-11/h4-7,12H,3,8-9,18H2,1-2H3. The SMILES string of the molecule is CCn1nc(C)c(Br)c1CC(CN)c1cccc(Cl)c1. The van der Waals surface area contributed by atoms with Crippen molar-refractivity contribution in [3.8, 4) is 0 Å². The van der Waals surface area contributed by atoms with Crippen LogP contribution < -0.4 is 5.73 Å². The van der Waals surface area contributed by atoms with Crippen molar-refractivity contribution in [2.75, 3.05) is 6.54 Å². The predicted molar refractivity (Wildman–Crippen MR) is 87.3 cm³/mol. The van der Waals surface area contributed by atoms with Gasteiger partial charge in [0.15, 0.2) is 0 Å². The average Bonchev–Trinajstić information content (AvgIpc) is 2.71. The fourth-order valence-corrected chi connectivity index (χ4v) is 3.04. The molecule has 1 unspecified atom stereocenters. The summed E-state index contributed by atoms with van der Waals surface area (Å²) in [5.74, 6) is 0.242. The molecule has 2 rings (SSSR count). The van der Waals surface area contributed by atoms with Crippen LogP contribution in [0.4, 0.5) is 0 Å². The third-order valence-electron chi connectivity index (χ3n) is 3.50. The van der Waals surface area contributed by atoms with Crippen LogP contribution >= 0.6 is 27.5 Å². The first-order valence-corrected chi connectivity index (χ1v) is 7.91. The van der Waals surface area contributed by atoms with Crippen molar-refractivity contribution >= 4 is 27.5 Å². The fourth-order valence-electron chi connectivity index (χ4n) is 2.40. The van der Waals surface area contributed by atoms with Gasteiger partial charge in [0, 0.05) is 17.5 Å². The number of benzene rings is 1. The third kappa shape index (κ3) is 3.25. The van der Waals surface area contributed by atoms with Gasteiger partial charge < -0.3 is 5.73 Å². The smallest absolute Gasteiger partial charge is 0.0738 e. The summed E-state index contributed by atoms with van der Waals surface area (Å²) in [5.41, 5.74) is 9.35. The number of aryl methyl sites for hydroxylation is 2. The molecule has 0 saturated heterocycles. The predicted octanol–water partition coefficient (Wildman–Crippen LogP) is 3.91. The number of rotatable bonds is 5. The van der Waals surface area contributed by atoms with Gasteiger partial charge in [-0.05, 0) is 60.4 Å². The summed E-state index contributed by atoms with van der Waals surface area (Å²) in [7, 11) is 0. The molecule has 5 heteroatoms. The molecule has 0 aliphatic heterocycles. The molecular weight excluding hydrogens is 338 g/mol. The van der Waals surface area contributed by atoms with E-state index in [4.69, 9.17) is 17.3 Å². The topological polar surface area (TPSA) is 43.8 Å². The molecule has 0 amide bonds. The molecule has 20 heavy (non-hydrogen) atoms. The Morgan fingerprint density at radius 3 is 2.80 bits per heavy atom. The number of aromatic nitrogens is 2. The Labute approximate surface area is 133 Å². The number of halogens is 2. The van der Waals surface area contributed by atoms with Crippen LogP contribution in [0.2, 0.25) is 5.02 Å². The highest BCUT2D eigenvalue weighted by Crippen LogP contribution is 2.28. The summed E-state index contributed by atoms with van der Waals surface area (Å²) < 4.78 is 3.12. The summed E-state index contributed by atoms with van der Waals surface area (Å²) >= 11 is 9.71. The molecule has 0 aliphatic rings. The zero-order valence-electron chi connectivity index (χ0n) is 11.7. The van der Waals surface area contributed by atoms with Crippen LogP contribution in [0, 0.1) is 6.92 Å². The van der Waals surface area contributed by atoms with E-state index in [0.29, 0.717) is 6.54 Å². The maximum atomic E-state index is 6.08. The van der Waals surface area contributed by atoms with Crippen molar-refractivity contribution < 1.29 is 0 Å². The van der Waals surface area contributed by atoms with Crippen molar-refractivity contribution in [3.63, 3.8) is 0 Å². The minimum atomic E-state index is 0.242. The lowest BCUT2D eigenvalue weighted by Crippen LogP contribution is -2.17. The molecule has 1 heterocycles. The molecule has 3 nitrogen and oxygen atoms in total. The lowest BCUT2D eigenvalue weighted by molar-refractivity contribution is 0.582. The Balaban J connectivity index is 2.31. The van der Waals surface area contributed by atoms with E-state index in [1.165, 1.54) is 11.3 Å². The molecule has 0 saturated carbocycles. The van der Waals surface area contributed by atoms with Crippen molar-refractivity contribution in [1.82, 2.24) is 9.78 Å². The molecule has 0 aliphatic carbocycles. The van der Waals surface area contributed by atoms with Crippen molar-refractivity contribution in [2.24, 2.45) is 5.73 Å². The maximum Gasteiger partial charge on any atom is 0.0738 e. The summed E-state index contributed by atoms with van der Waals surface area (Å²) in [5, 5.41) is 5.28. The maximum absolute atomic E-state index is 6.08. The summed E-state index contributed by atoms with van der Waals surface area (Å²) in [6.45, 7) is 5.55. The zero-order chi connectivity index (χ0) is 14.7. The van der Waals surface area contributed by atoms with Gasteiger partial charge in [0.05, 0.1) is 15.9 Å². The van der Waals surface area contributed by atoms with E-state index in [9.17, 15) is 0 Å². The molecule has 1 atom stereocenters. The normalized spacial score (nSPS) is 12.7. The van der Waals surface area contributed by atoms with Crippen molar-refractivity contribution in [2.45, 2.75) is 32.7 Å². The number of nitrogens with zero attached hydrogens (tertiary/aromatic N) is 2. The molecule has 0 fully saturated rings. The van der Waals surface area contributed by atoms with Crippen molar-refractivity contribution in [3.05, 3.63) is 50.7 Å². The average molecular weight is 357 g/mol. The van der Waals surface area contributed by atoms with Crippen LogP contribution in [-0.4, -0.2) is 16.3 Å². The Bertz CT molecular complexity index is 595. The quantitative estimate of drug-likeness (QED) is 0.882. The Morgan fingerprint density at radius 2 is 2.20 bits per heavy atom. The van der Waals surface area contributed by atoms with E-state index in [-0.39, 0.29) is 5.92 Å². The van der Waals surface area contributed by atoms with Crippen LogP contribution in [0.1, 0.15) is 29.8 Å². The van der Waals surface area contributed by atoms with Crippen LogP contribution in [0.25, 0.3) is 0 Å². The van der Waals surface area contributed by atoms with Gasteiger partial charge in [-0.25, -0.2) is 0 Å². The molecule has 108 valence electrons. The molecular formula is C15H19BrClN3. The monoisotopic (exact) mass is 355 g/mol. The minimum Gasteiger partial charge on any atom is -0.330 e. The van der Waals surface area contributed by atoms with Gasteiger partial charge in [0.1, 0.15) is 0 Å². The van der Waals surface area contributed by atoms with E-state index >= 15 is 0 Å². The zero-order valence-corrected chi connectivity index (χ0v) is 14.1. The fraction of sp³-hybridized carbons (Fsp3) is 0.400. The third-order valence-corrected chi connectivity index (χ3v) is 4.76. The van der Waals surface area contributed by atoms with E-state index in [1.807, 2.05) is 29.8 Å². The summed E-state index contributed by atoms with van der Waals surface area (Å²) in [6, 6.07) is 7.93. The second-order valence-corrected chi connectivity index (χ2v) is 6.08. The highest BCUT2D eigenvalue weighted by molar-refractivity contribution is 9.10. The minimum absolute atomic E-state index is 0.242. The Hall–Kier alpha value is -0.840. The van der Waals surface area contributed by atoms with Crippen molar-refractivity contribution in [1.29, 1.82) is 0 Å². The molecule has 1 aromatic heterocycles. The molecule has 0 bridgehead atoms. The first-order chi connectivity index (χ1) is 9.56. The Morgan fingerprint density at radius 1 is 1.45 bits per heavy atom. The molecule has 2 N–H and O–H groups in total. The van der Waals surface area contributed by atoms with Crippen LogP contribution in [0.15, 0.2) is 28.7 Å². The first kappa shape index (κ1) is 15.5. The van der Waals surface area contributed by atoms with Gasteiger partial charge in [-0.2, -0.15) is 5.10 Å². The van der Waals surface area contributed by atoms with Gasteiger partial charge in [0.2, 0.25) is 0 Å². The van der Waals surface area contributed by atoms with E-state index in [2.05, 4.69) is 34.0 Å². The number of nitrogens with two attached hydrogens (primary N) is 1. The van der Waals surface area contributed by atoms with Gasteiger partial charge in [-0.1, -0.05) is 23.7 Å². The van der Waals surface area contributed by atoms with Crippen LogP contribution in [0.3, 0.4) is 0 Å². The second-order valence-electron chi connectivity index (χ2n) is 4.85. The lowest BCUT2D eigenvalue weighted by Gasteiger charge is -2.16. The molecule has 0 radical (unpaired) electrons. The summed E-state index contributed by atoms with van der Waals surface area (Å²) in [6.07, 6.45) is 0.853. The van der Waals surface area contributed by atoms with Gasteiger partial charge >= 0.3 is 0 Å². The summed E-state index contributed by atoms with van der Waals surface area (Å²) in [4.78, 5) is 0. The van der Waals surface area contributed by atoms with Crippen LogP contribution in [0.5, 0.6) is 0 Å². The van der Waals surface area contributed by atoms with E-state index < -0.39 is 0 Å². The molecule has 2 aromatic rings. The lowest BCUT2D eigenvalue weighted by atomic mass is 9.94. The van der Waals surface area contributed by atoms with Gasteiger partial charge in [-0.3, -0.25) is 4.68 Å². The molecule has 1 aromatic carbocycles. The van der Waals surface area contributed by atoms with E-state index in [0.717, 1.165) is 28.2 Å². The first-order valence-electron chi connectivity index (χ1n) is 6.74. The number of hydrogen-bond acceptors (Lipinski definition) is 2. The molecule has 0 spiro atoms. The highest BCUT2D eigenvalue weighted by Gasteiger charge is 2.18. The van der Waals surface area contributed by atoms with Gasteiger partial charge in [0.25, 0.3) is 0 Å². The van der Waals surface area contributed by atoms with E-state index in [1.54, 1.807) is 0 Å². The largest absolute Gasteiger partial charge is 0.330 e. The van der Waals surface area contributed by atoms with Crippen LogP contribution in [-0.2, 0) is 13.0 Å². The number of hydrogen-bond donors (Lipinski definition) is 1. The second kappa shape index (κ2) is 6.74. The highest BCUT2D eigenvalue weighted by atomic mass is 79.9.